The number of nitrogens with one attached hydrogen (secondary N) is 1. The van der Waals surface area contributed by atoms with Crippen molar-refractivity contribution < 1.29 is 31.5 Å². The summed E-state index contributed by atoms with van der Waals surface area (Å²) in [7, 11) is 0. The second-order valence-corrected chi connectivity index (χ2v) is 6.44. The van der Waals surface area contributed by atoms with Crippen LogP contribution in [0.15, 0.2) is 60.7 Å². The first-order chi connectivity index (χ1) is 14.6. The van der Waals surface area contributed by atoms with E-state index in [1.54, 1.807) is 0 Å². The monoisotopic (exact) mass is 438 g/mol. The molecule has 2 aromatic carbocycles. The summed E-state index contributed by atoms with van der Waals surface area (Å²) in [6.45, 7) is -2.07. The van der Waals surface area contributed by atoms with Crippen LogP contribution in [0.5, 0.6) is 0 Å². The lowest BCUT2D eigenvalue weighted by Gasteiger charge is -2.22. The van der Waals surface area contributed by atoms with Crippen LogP contribution in [0.1, 0.15) is 11.1 Å². The highest BCUT2D eigenvalue weighted by Gasteiger charge is 2.32. The van der Waals surface area contributed by atoms with Gasteiger partial charge in [0.05, 0.1) is 0 Å². The van der Waals surface area contributed by atoms with Crippen molar-refractivity contribution in [2.24, 2.45) is 0 Å². The number of rotatable bonds is 8. The number of nitrogens with zero attached hydrogens (tertiary/aromatic N) is 1. The number of carbonyl (C=O) groups is 2. The average Bonchev–Trinajstić information content (AvgIpc) is 2.71. The van der Waals surface area contributed by atoms with Crippen molar-refractivity contribution in [3.63, 3.8) is 0 Å². The predicted molar refractivity (Wildman–Crippen MR) is 107 cm³/mol. The van der Waals surface area contributed by atoms with Crippen molar-refractivity contribution in [1.82, 2.24) is 10.2 Å². The van der Waals surface area contributed by atoms with Gasteiger partial charge in [-0.15, -0.1) is 0 Å². The molecule has 0 atom stereocenters. The van der Waals surface area contributed by atoms with Gasteiger partial charge in [-0.05, 0) is 47.5 Å². The lowest BCUT2D eigenvalue weighted by atomic mass is 10.2. The molecule has 0 aliphatic carbocycles. The summed E-state index contributed by atoms with van der Waals surface area (Å²) >= 11 is 0. The van der Waals surface area contributed by atoms with E-state index in [1.165, 1.54) is 48.6 Å². The molecule has 0 saturated carbocycles. The van der Waals surface area contributed by atoms with E-state index in [0.29, 0.717) is 16.0 Å². The van der Waals surface area contributed by atoms with Gasteiger partial charge in [0.25, 0.3) is 0 Å². The second-order valence-electron chi connectivity index (χ2n) is 6.44. The highest BCUT2D eigenvalue weighted by molar-refractivity contribution is 5.92. The molecule has 2 aromatic rings. The Bertz CT molecular complexity index is 936. The zero-order valence-electron chi connectivity index (χ0n) is 16.2. The molecule has 164 valence electrons. The second kappa shape index (κ2) is 11.1. The molecule has 9 heteroatoms. The Balaban J connectivity index is 1.92. The van der Waals surface area contributed by atoms with E-state index >= 15 is 0 Å². The van der Waals surface area contributed by atoms with Gasteiger partial charge < -0.3 is 10.2 Å². The fourth-order valence-corrected chi connectivity index (χ4v) is 2.45. The van der Waals surface area contributed by atoms with Gasteiger partial charge >= 0.3 is 6.18 Å². The number of amides is 2. The number of benzene rings is 2. The summed E-state index contributed by atoms with van der Waals surface area (Å²) in [6.07, 6.45) is 0.173. The van der Waals surface area contributed by atoms with E-state index in [2.05, 4.69) is 5.32 Å². The minimum Gasteiger partial charge on any atom is -0.351 e. The molecule has 0 unspecified atom stereocenters. The summed E-state index contributed by atoms with van der Waals surface area (Å²) in [5.74, 6) is -2.39. The smallest absolute Gasteiger partial charge is 0.351 e. The Morgan fingerprint density at radius 3 is 1.81 bits per heavy atom. The SMILES string of the molecule is O=C(/C=C\c1ccc(F)cc1)NCCN(CC(F)(F)F)C(=O)/C=C\c1ccc(F)cc1. The van der Waals surface area contributed by atoms with Gasteiger partial charge in [0.1, 0.15) is 18.2 Å². The van der Waals surface area contributed by atoms with Crippen molar-refractivity contribution in [2.75, 3.05) is 19.6 Å². The first-order valence-electron chi connectivity index (χ1n) is 9.13. The van der Waals surface area contributed by atoms with Gasteiger partial charge in [0.15, 0.2) is 0 Å². The van der Waals surface area contributed by atoms with Gasteiger partial charge in [-0.25, -0.2) is 8.78 Å². The predicted octanol–water partition coefficient (Wildman–Crippen LogP) is 4.20. The first-order valence-corrected chi connectivity index (χ1v) is 9.13. The van der Waals surface area contributed by atoms with Gasteiger partial charge in [-0.2, -0.15) is 13.2 Å². The summed E-state index contributed by atoms with van der Waals surface area (Å²) in [5, 5.41) is 2.39. The number of carbonyl (C=O) groups excluding carboxylic acids is 2. The Morgan fingerprint density at radius 1 is 0.839 bits per heavy atom. The molecule has 0 fully saturated rings. The summed E-state index contributed by atoms with van der Waals surface area (Å²) < 4.78 is 64.2. The minimum absolute atomic E-state index is 0.210. The van der Waals surface area contributed by atoms with Crippen LogP contribution >= 0.6 is 0 Å². The Morgan fingerprint density at radius 2 is 1.32 bits per heavy atom. The largest absolute Gasteiger partial charge is 0.406 e. The Kier molecular flexibility index (Phi) is 8.48. The number of halogens is 5. The molecule has 0 aliphatic heterocycles. The third kappa shape index (κ3) is 9.24. The van der Waals surface area contributed by atoms with E-state index < -0.39 is 36.2 Å². The van der Waals surface area contributed by atoms with Crippen molar-refractivity contribution in [3.8, 4) is 0 Å². The van der Waals surface area contributed by atoms with Crippen LogP contribution < -0.4 is 5.32 Å². The molecule has 0 saturated heterocycles. The molecule has 0 aliphatic rings. The molecule has 0 spiro atoms. The molecule has 31 heavy (non-hydrogen) atoms. The number of hydrogen-bond donors (Lipinski definition) is 1. The highest BCUT2D eigenvalue weighted by Crippen LogP contribution is 2.17. The van der Waals surface area contributed by atoms with Gasteiger partial charge in [-0.1, -0.05) is 24.3 Å². The fraction of sp³-hybridized carbons (Fsp3) is 0.182. The minimum atomic E-state index is -4.62. The molecule has 2 rings (SSSR count). The van der Waals surface area contributed by atoms with Gasteiger partial charge in [-0.3, -0.25) is 9.59 Å². The van der Waals surface area contributed by atoms with Crippen molar-refractivity contribution in [3.05, 3.63) is 83.4 Å². The van der Waals surface area contributed by atoms with E-state index in [-0.39, 0.29) is 13.1 Å². The summed E-state index contributed by atoms with van der Waals surface area (Å²) in [4.78, 5) is 24.5. The molecular formula is C22H19F5N2O2. The average molecular weight is 438 g/mol. The molecule has 0 heterocycles. The van der Waals surface area contributed by atoms with Crippen LogP contribution in [0.25, 0.3) is 12.2 Å². The fourth-order valence-electron chi connectivity index (χ4n) is 2.45. The number of hydrogen-bond acceptors (Lipinski definition) is 2. The van der Waals surface area contributed by atoms with Gasteiger partial charge in [0, 0.05) is 25.2 Å². The first kappa shape index (κ1) is 23.8. The standard InChI is InChI=1S/C22H19F5N2O2/c23-18-7-1-16(2-8-18)5-11-20(30)28-13-14-29(15-22(25,26)27)21(31)12-6-17-3-9-19(24)10-4-17/h1-12H,13-15H2,(H,28,30)/b11-5-,12-6-. The molecule has 1 N–H and O–H groups in total. The van der Waals surface area contributed by atoms with Crippen LogP contribution in [-0.2, 0) is 9.59 Å². The van der Waals surface area contributed by atoms with Crippen LogP contribution in [0.2, 0.25) is 0 Å². The van der Waals surface area contributed by atoms with E-state index in [9.17, 15) is 31.5 Å². The van der Waals surface area contributed by atoms with E-state index in [0.717, 1.165) is 24.3 Å². The van der Waals surface area contributed by atoms with Crippen LogP contribution in [-0.4, -0.2) is 42.5 Å². The molecule has 4 nitrogen and oxygen atoms in total. The maximum Gasteiger partial charge on any atom is 0.406 e. The maximum atomic E-state index is 12.9. The lowest BCUT2D eigenvalue weighted by Crippen LogP contribution is -2.42. The summed E-state index contributed by atoms with van der Waals surface area (Å²) in [5.41, 5.74) is 1.01. The van der Waals surface area contributed by atoms with Gasteiger partial charge in [0.2, 0.25) is 11.8 Å². The Hall–Kier alpha value is -3.49. The zero-order chi connectivity index (χ0) is 22.9. The van der Waals surface area contributed by atoms with E-state index in [4.69, 9.17) is 0 Å². The number of alkyl halides is 3. The lowest BCUT2D eigenvalue weighted by molar-refractivity contribution is -0.158. The molecular weight excluding hydrogens is 419 g/mol. The third-order valence-corrected chi connectivity index (χ3v) is 3.95. The van der Waals surface area contributed by atoms with Crippen molar-refractivity contribution in [2.45, 2.75) is 6.18 Å². The molecule has 0 radical (unpaired) electrons. The maximum absolute atomic E-state index is 12.9. The quantitative estimate of drug-likeness (QED) is 0.496. The molecule has 0 bridgehead atoms. The normalized spacial score (nSPS) is 11.8. The van der Waals surface area contributed by atoms with Crippen LogP contribution in [0, 0.1) is 11.6 Å². The van der Waals surface area contributed by atoms with Crippen molar-refractivity contribution in [1.29, 1.82) is 0 Å². The highest BCUT2D eigenvalue weighted by atomic mass is 19.4. The molecule has 0 aromatic heterocycles. The topological polar surface area (TPSA) is 49.4 Å². The van der Waals surface area contributed by atoms with Crippen molar-refractivity contribution >= 4 is 24.0 Å². The van der Waals surface area contributed by atoms with Crippen LogP contribution in [0.3, 0.4) is 0 Å². The Labute approximate surface area is 175 Å². The van der Waals surface area contributed by atoms with Crippen LogP contribution in [0.4, 0.5) is 22.0 Å². The van der Waals surface area contributed by atoms with E-state index in [1.807, 2.05) is 0 Å². The zero-order valence-corrected chi connectivity index (χ0v) is 16.2. The summed E-state index contributed by atoms with van der Waals surface area (Å²) in [6, 6.07) is 10.4. The third-order valence-electron chi connectivity index (χ3n) is 3.95. The molecule has 2 amide bonds.